The summed E-state index contributed by atoms with van der Waals surface area (Å²) in [6.07, 6.45) is 3.21. The van der Waals surface area contributed by atoms with Crippen LogP contribution in [0.3, 0.4) is 0 Å². The third-order valence-corrected chi connectivity index (χ3v) is 4.65. The Morgan fingerprint density at radius 1 is 1.27 bits per heavy atom. The van der Waals surface area contributed by atoms with Gasteiger partial charge in [-0.25, -0.2) is 4.79 Å². The number of carbonyl (C=O) groups excluding carboxylic acids is 1. The SMILES string of the molecule is CCOC(=O)N1CCN(C[C@@H](O)CO[C@@H]2CCC[C@@H]2C)CC1. The Balaban J connectivity index is 1.62. The van der Waals surface area contributed by atoms with Gasteiger partial charge in [0, 0.05) is 32.7 Å². The van der Waals surface area contributed by atoms with Gasteiger partial charge in [0.25, 0.3) is 0 Å². The number of ether oxygens (including phenoxy) is 2. The molecule has 3 atom stereocenters. The van der Waals surface area contributed by atoms with E-state index in [4.69, 9.17) is 9.47 Å². The van der Waals surface area contributed by atoms with E-state index in [1.54, 1.807) is 4.90 Å². The molecule has 2 rings (SSSR count). The van der Waals surface area contributed by atoms with Crippen LogP contribution >= 0.6 is 0 Å². The first kappa shape index (κ1) is 17.5. The number of nitrogens with zero attached hydrogens (tertiary/aromatic N) is 2. The highest BCUT2D eigenvalue weighted by atomic mass is 16.6. The fourth-order valence-electron chi connectivity index (χ4n) is 3.27. The maximum Gasteiger partial charge on any atom is 0.409 e. The van der Waals surface area contributed by atoms with Crippen molar-refractivity contribution in [3.05, 3.63) is 0 Å². The molecule has 22 heavy (non-hydrogen) atoms. The summed E-state index contributed by atoms with van der Waals surface area (Å²) in [4.78, 5) is 15.5. The highest BCUT2D eigenvalue weighted by Gasteiger charge is 2.26. The highest BCUT2D eigenvalue weighted by Crippen LogP contribution is 2.27. The number of rotatable bonds is 6. The summed E-state index contributed by atoms with van der Waals surface area (Å²) in [7, 11) is 0. The van der Waals surface area contributed by atoms with Crippen molar-refractivity contribution < 1.29 is 19.4 Å². The van der Waals surface area contributed by atoms with Gasteiger partial charge in [-0.05, 0) is 25.7 Å². The number of hydrogen-bond acceptors (Lipinski definition) is 5. The van der Waals surface area contributed by atoms with Crippen molar-refractivity contribution >= 4 is 6.09 Å². The fourth-order valence-corrected chi connectivity index (χ4v) is 3.27. The third-order valence-electron chi connectivity index (χ3n) is 4.65. The van der Waals surface area contributed by atoms with Crippen LogP contribution in [0.1, 0.15) is 33.1 Å². The Bertz CT molecular complexity index is 345. The van der Waals surface area contributed by atoms with Crippen molar-refractivity contribution in [2.24, 2.45) is 5.92 Å². The van der Waals surface area contributed by atoms with E-state index < -0.39 is 6.10 Å². The molecule has 1 aliphatic carbocycles. The molecule has 0 aromatic rings. The van der Waals surface area contributed by atoms with Crippen molar-refractivity contribution in [1.82, 2.24) is 9.80 Å². The number of hydrogen-bond donors (Lipinski definition) is 1. The molecular formula is C16H30N2O4. The van der Waals surface area contributed by atoms with Crippen LogP contribution < -0.4 is 0 Å². The van der Waals surface area contributed by atoms with Gasteiger partial charge in [-0.1, -0.05) is 13.3 Å². The second-order valence-electron chi connectivity index (χ2n) is 6.42. The van der Waals surface area contributed by atoms with Crippen LogP contribution in [-0.2, 0) is 9.47 Å². The summed E-state index contributed by atoms with van der Waals surface area (Å²) < 4.78 is 10.9. The molecule has 128 valence electrons. The zero-order chi connectivity index (χ0) is 15.9. The van der Waals surface area contributed by atoms with Crippen LogP contribution in [-0.4, -0.2) is 79.1 Å². The lowest BCUT2D eigenvalue weighted by Crippen LogP contribution is -2.51. The lowest BCUT2D eigenvalue weighted by atomic mass is 10.1. The monoisotopic (exact) mass is 314 g/mol. The summed E-state index contributed by atoms with van der Waals surface area (Å²) in [5, 5.41) is 10.1. The summed E-state index contributed by atoms with van der Waals surface area (Å²) in [6, 6.07) is 0. The number of aliphatic hydroxyl groups is 1. The summed E-state index contributed by atoms with van der Waals surface area (Å²) in [5.41, 5.74) is 0. The molecule has 2 fully saturated rings. The average Bonchev–Trinajstić information content (AvgIpc) is 2.91. The van der Waals surface area contributed by atoms with E-state index in [0.717, 1.165) is 19.5 Å². The Hall–Kier alpha value is -0.850. The van der Waals surface area contributed by atoms with Crippen LogP contribution in [0.5, 0.6) is 0 Å². The molecule has 1 saturated heterocycles. The van der Waals surface area contributed by atoms with Gasteiger partial charge in [0.05, 0.1) is 25.4 Å². The van der Waals surface area contributed by atoms with Gasteiger partial charge in [0.15, 0.2) is 0 Å². The lowest BCUT2D eigenvalue weighted by molar-refractivity contribution is -0.0353. The van der Waals surface area contributed by atoms with Gasteiger partial charge in [0.2, 0.25) is 0 Å². The second kappa shape index (κ2) is 8.70. The maximum absolute atomic E-state index is 11.6. The topological polar surface area (TPSA) is 62.2 Å². The predicted molar refractivity (Wildman–Crippen MR) is 83.8 cm³/mol. The van der Waals surface area contributed by atoms with Crippen molar-refractivity contribution in [2.45, 2.75) is 45.3 Å². The molecule has 1 N–H and O–H groups in total. The van der Waals surface area contributed by atoms with Crippen LogP contribution in [0.4, 0.5) is 4.79 Å². The highest BCUT2D eigenvalue weighted by molar-refractivity contribution is 5.67. The van der Waals surface area contributed by atoms with Crippen molar-refractivity contribution in [3.8, 4) is 0 Å². The van der Waals surface area contributed by atoms with Crippen LogP contribution in [0.2, 0.25) is 0 Å². The predicted octanol–water partition coefficient (Wildman–Crippen LogP) is 1.33. The lowest BCUT2D eigenvalue weighted by Gasteiger charge is -2.35. The fraction of sp³-hybridized carbons (Fsp3) is 0.938. The van der Waals surface area contributed by atoms with Gasteiger partial charge in [-0.3, -0.25) is 4.90 Å². The first-order valence-electron chi connectivity index (χ1n) is 8.54. The van der Waals surface area contributed by atoms with E-state index in [2.05, 4.69) is 11.8 Å². The van der Waals surface area contributed by atoms with Gasteiger partial charge in [-0.15, -0.1) is 0 Å². The minimum Gasteiger partial charge on any atom is -0.450 e. The summed E-state index contributed by atoms with van der Waals surface area (Å²) >= 11 is 0. The molecule has 0 bridgehead atoms. The molecule has 6 heteroatoms. The molecule has 1 heterocycles. The van der Waals surface area contributed by atoms with Crippen molar-refractivity contribution in [1.29, 1.82) is 0 Å². The summed E-state index contributed by atoms with van der Waals surface area (Å²) in [6.45, 7) is 8.33. The number of piperazine rings is 1. The smallest absolute Gasteiger partial charge is 0.409 e. The number of amides is 1. The van der Waals surface area contributed by atoms with Crippen molar-refractivity contribution in [3.63, 3.8) is 0 Å². The molecule has 2 aliphatic rings. The quantitative estimate of drug-likeness (QED) is 0.801. The number of β-amino-alcohol motifs (C(OH)–C–C–N with tert-alkyl or cyclic N) is 1. The van der Waals surface area contributed by atoms with E-state index in [9.17, 15) is 9.90 Å². The molecule has 0 radical (unpaired) electrons. The molecule has 0 aromatic heterocycles. The maximum atomic E-state index is 11.6. The molecule has 0 spiro atoms. The van der Waals surface area contributed by atoms with Crippen LogP contribution in [0.15, 0.2) is 0 Å². The molecular weight excluding hydrogens is 284 g/mol. The van der Waals surface area contributed by atoms with Gasteiger partial charge < -0.3 is 19.5 Å². The third kappa shape index (κ3) is 5.11. The minimum absolute atomic E-state index is 0.235. The molecule has 1 saturated carbocycles. The number of carbonyl (C=O) groups is 1. The molecule has 0 unspecified atom stereocenters. The first-order valence-corrected chi connectivity index (χ1v) is 8.54. The van der Waals surface area contributed by atoms with Gasteiger partial charge in [-0.2, -0.15) is 0 Å². The Morgan fingerprint density at radius 3 is 2.59 bits per heavy atom. The standard InChI is InChI=1S/C16H30N2O4/c1-3-21-16(20)18-9-7-17(8-10-18)11-14(19)12-22-15-6-4-5-13(15)2/h13-15,19H,3-12H2,1-2H3/t13-,14+,15+/m0/s1. The molecule has 1 amide bonds. The Labute approximate surface area is 133 Å². The number of aliphatic hydroxyl groups excluding tert-OH is 1. The summed E-state index contributed by atoms with van der Waals surface area (Å²) in [5.74, 6) is 0.611. The zero-order valence-corrected chi connectivity index (χ0v) is 13.9. The van der Waals surface area contributed by atoms with E-state index in [1.807, 2.05) is 6.92 Å². The largest absolute Gasteiger partial charge is 0.450 e. The second-order valence-corrected chi connectivity index (χ2v) is 6.42. The van der Waals surface area contributed by atoms with Crippen molar-refractivity contribution in [2.75, 3.05) is 45.9 Å². The normalized spacial score (nSPS) is 27.9. The van der Waals surface area contributed by atoms with E-state index in [0.29, 0.717) is 44.9 Å². The average molecular weight is 314 g/mol. The first-order chi connectivity index (χ1) is 10.6. The minimum atomic E-state index is -0.457. The molecule has 1 aliphatic heterocycles. The Kier molecular flexibility index (Phi) is 6.92. The zero-order valence-electron chi connectivity index (χ0n) is 13.9. The van der Waals surface area contributed by atoms with Gasteiger partial charge >= 0.3 is 6.09 Å². The van der Waals surface area contributed by atoms with E-state index >= 15 is 0 Å². The van der Waals surface area contributed by atoms with Gasteiger partial charge in [0.1, 0.15) is 0 Å². The Morgan fingerprint density at radius 2 is 2.00 bits per heavy atom. The van der Waals surface area contributed by atoms with Crippen LogP contribution in [0, 0.1) is 5.92 Å². The van der Waals surface area contributed by atoms with E-state index in [-0.39, 0.29) is 6.09 Å². The molecule has 0 aromatic carbocycles. The molecule has 6 nitrogen and oxygen atoms in total. The van der Waals surface area contributed by atoms with Crippen LogP contribution in [0.25, 0.3) is 0 Å². The van der Waals surface area contributed by atoms with E-state index in [1.165, 1.54) is 12.8 Å².